The first-order valence-corrected chi connectivity index (χ1v) is 5.63. The van der Waals surface area contributed by atoms with Crippen molar-refractivity contribution in [1.82, 2.24) is 5.32 Å². The Labute approximate surface area is 105 Å². The smallest absolute Gasteiger partial charge is 0.270 e. The molecule has 0 spiro atoms. The Bertz CT molecular complexity index is 563. The molecule has 5 heteroatoms. The normalized spacial score (nSPS) is 12.3. The molecule has 1 heterocycles. The molecule has 0 radical (unpaired) electrons. The van der Waals surface area contributed by atoms with Gasteiger partial charge in [-0.05, 0) is 26.1 Å². The third-order valence-electron chi connectivity index (χ3n) is 2.83. The van der Waals surface area contributed by atoms with Crippen molar-refractivity contribution < 1.29 is 9.34 Å². The molecule has 1 N–H and O–H groups in total. The lowest BCUT2D eigenvalue weighted by atomic mass is 10.1. The number of non-ortho nitro benzene ring substituents is 1. The summed E-state index contributed by atoms with van der Waals surface area (Å²) in [6.07, 6.45) is 0. The van der Waals surface area contributed by atoms with Crippen LogP contribution in [0.4, 0.5) is 5.69 Å². The van der Waals surface area contributed by atoms with Gasteiger partial charge in [0.2, 0.25) is 0 Å². The summed E-state index contributed by atoms with van der Waals surface area (Å²) >= 11 is 0. The zero-order valence-corrected chi connectivity index (χ0v) is 10.2. The molecule has 18 heavy (non-hydrogen) atoms. The molecule has 0 aliphatic heterocycles. The average molecular weight is 246 g/mol. The molecular weight excluding hydrogens is 232 g/mol. The minimum Gasteiger partial charge on any atom is -0.459 e. The topological polar surface area (TPSA) is 68.3 Å². The van der Waals surface area contributed by atoms with E-state index in [2.05, 4.69) is 5.32 Å². The molecule has 0 bridgehead atoms. The van der Waals surface area contributed by atoms with Crippen LogP contribution in [0.15, 0.2) is 40.8 Å². The van der Waals surface area contributed by atoms with Crippen molar-refractivity contribution in [1.29, 1.82) is 0 Å². The summed E-state index contributed by atoms with van der Waals surface area (Å²) in [6, 6.07) is 10.2. The van der Waals surface area contributed by atoms with Crippen LogP contribution in [-0.2, 0) is 0 Å². The Morgan fingerprint density at radius 1 is 1.33 bits per heavy atom. The van der Waals surface area contributed by atoms with Gasteiger partial charge in [-0.3, -0.25) is 10.1 Å². The maximum Gasteiger partial charge on any atom is 0.270 e. The van der Waals surface area contributed by atoms with Gasteiger partial charge in [0.05, 0.1) is 11.0 Å². The highest BCUT2D eigenvalue weighted by Gasteiger charge is 2.12. The largest absolute Gasteiger partial charge is 0.459 e. The van der Waals surface area contributed by atoms with Crippen molar-refractivity contribution >= 4 is 5.69 Å². The lowest BCUT2D eigenvalue weighted by molar-refractivity contribution is -0.384. The van der Waals surface area contributed by atoms with Crippen LogP contribution in [0.25, 0.3) is 11.3 Å². The predicted molar refractivity (Wildman–Crippen MR) is 68.3 cm³/mol. The van der Waals surface area contributed by atoms with Crippen molar-refractivity contribution in [3.63, 3.8) is 0 Å². The standard InChI is InChI=1S/C13H14N2O3/c1-9(14-2)12-6-7-13(18-12)10-4-3-5-11(8-10)15(16)17/h3-9,14H,1-2H3. The van der Waals surface area contributed by atoms with Crippen LogP contribution in [-0.4, -0.2) is 12.0 Å². The molecule has 0 amide bonds. The van der Waals surface area contributed by atoms with E-state index in [0.29, 0.717) is 11.3 Å². The fraction of sp³-hybridized carbons (Fsp3) is 0.231. The second-order valence-corrected chi connectivity index (χ2v) is 4.02. The first-order chi connectivity index (χ1) is 8.61. The first kappa shape index (κ1) is 12.3. The lowest BCUT2D eigenvalue weighted by Gasteiger charge is -2.05. The van der Waals surface area contributed by atoms with Crippen molar-refractivity contribution in [3.05, 3.63) is 52.3 Å². The number of nitrogens with one attached hydrogen (secondary N) is 1. The van der Waals surface area contributed by atoms with Gasteiger partial charge in [0.1, 0.15) is 11.5 Å². The van der Waals surface area contributed by atoms with E-state index in [1.165, 1.54) is 12.1 Å². The van der Waals surface area contributed by atoms with Crippen molar-refractivity contribution in [3.8, 4) is 11.3 Å². The van der Waals surface area contributed by atoms with Crippen LogP contribution in [0.2, 0.25) is 0 Å². The quantitative estimate of drug-likeness (QED) is 0.664. The number of hydrogen-bond acceptors (Lipinski definition) is 4. The molecular formula is C13H14N2O3. The van der Waals surface area contributed by atoms with Gasteiger partial charge in [-0.1, -0.05) is 12.1 Å². The van der Waals surface area contributed by atoms with Gasteiger partial charge in [-0.15, -0.1) is 0 Å². The fourth-order valence-electron chi connectivity index (χ4n) is 1.66. The Hall–Kier alpha value is -2.14. The van der Waals surface area contributed by atoms with Crippen LogP contribution in [0.3, 0.4) is 0 Å². The summed E-state index contributed by atoms with van der Waals surface area (Å²) in [5.41, 5.74) is 0.769. The molecule has 2 aromatic rings. The van der Waals surface area contributed by atoms with Gasteiger partial charge in [-0.25, -0.2) is 0 Å². The number of nitro groups is 1. The highest BCUT2D eigenvalue weighted by atomic mass is 16.6. The van der Waals surface area contributed by atoms with Gasteiger partial charge in [0.15, 0.2) is 0 Å². The van der Waals surface area contributed by atoms with E-state index in [4.69, 9.17) is 4.42 Å². The van der Waals surface area contributed by atoms with Gasteiger partial charge in [0, 0.05) is 17.7 Å². The molecule has 1 aromatic heterocycles. The number of furan rings is 1. The van der Waals surface area contributed by atoms with Crippen molar-refractivity contribution in [2.75, 3.05) is 7.05 Å². The number of rotatable bonds is 4. The van der Waals surface area contributed by atoms with Crippen LogP contribution >= 0.6 is 0 Å². The Morgan fingerprint density at radius 2 is 2.11 bits per heavy atom. The van der Waals surface area contributed by atoms with E-state index in [1.807, 2.05) is 26.1 Å². The molecule has 94 valence electrons. The van der Waals surface area contributed by atoms with Crippen LogP contribution < -0.4 is 5.32 Å². The zero-order chi connectivity index (χ0) is 13.1. The number of benzene rings is 1. The second kappa shape index (κ2) is 5.01. The minimum absolute atomic E-state index is 0.0621. The minimum atomic E-state index is -0.413. The van der Waals surface area contributed by atoms with Gasteiger partial charge in [-0.2, -0.15) is 0 Å². The molecule has 0 saturated heterocycles. The van der Waals surface area contributed by atoms with Crippen molar-refractivity contribution in [2.45, 2.75) is 13.0 Å². The first-order valence-electron chi connectivity index (χ1n) is 5.63. The fourth-order valence-corrected chi connectivity index (χ4v) is 1.66. The molecule has 1 unspecified atom stereocenters. The maximum atomic E-state index is 10.7. The average Bonchev–Trinajstić information content (AvgIpc) is 2.87. The van der Waals surface area contributed by atoms with Gasteiger partial charge >= 0.3 is 0 Å². The number of nitrogens with zero attached hydrogens (tertiary/aromatic N) is 1. The molecule has 5 nitrogen and oxygen atoms in total. The van der Waals surface area contributed by atoms with Crippen LogP contribution in [0.1, 0.15) is 18.7 Å². The maximum absolute atomic E-state index is 10.7. The zero-order valence-electron chi connectivity index (χ0n) is 10.2. The van der Waals surface area contributed by atoms with Gasteiger partial charge < -0.3 is 9.73 Å². The highest BCUT2D eigenvalue weighted by molar-refractivity contribution is 5.61. The summed E-state index contributed by atoms with van der Waals surface area (Å²) in [4.78, 5) is 10.3. The van der Waals surface area contributed by atoms with Crippen molar-refractivity contribution in [2.24, 2.45) is 0 Å². The summed E-state index contributed by atoms with van der Waals surface area (Å²) in [7, 11) is 1.85. The summed E-state index contributed by atoms with van der Waals surface area (Å²) < 4.78 is 5.67. The molecule has 1 atom stereocenters. The highest BCUT2D eigenvalue weighted by Crippen LogP contribution is 2.27. The number of hydrogen-bond donors (Lipinski definition) is 1. The summed E-state index contributed by atoms with van der Waals surface area (Å²) in [5.74, 6) is 1.44. The van der Waals surface area contributed by atoms with E-state index < -0.39 is 4.92 Å². The number of nitro benzene ring substituents is 1. The molecule has 2 rings (SSSR count). The monoisotopic (exact) mass is 246 g/mol. The van der Waals surface area contributed by atoms with E-state index in [-0.39, 0.29) is 11.7 Å². The van der Waals surface area contributed by atoms with Gasteiger partial charge in [0.25, 0.3) is 5.69 Å². The van der Waals surface area contributed by atoms with E-state index in [1.54, 1.807) is 12.1 Å². The summed E-state index contributed by atoms with van der Waals surface area (Å²) in [6.45, 7) is 1.98. The molecule has 0 aliphatic rings. The Balaban J connectivity index is 2.34. The molecule has 1 aromatic carbocycles. The third kappa shape index (κ3) is 2.41. The predicted octanol–water partition coefficient (Wildman–Crippen LogP) is 3.14. The van der Waals surface area contributed by atoms with E-state index in [9.17, 15) is 10.1 Å². The van der Waals surface area contributed by atoms with Crippen LogP contribution in [0, 0.1) is 10.1 Å². The Kier molecular flexibility index (Phi) is 3.43. The Morgan fingerprint density at radius 3 is 2.78 bits per heavy atom. The molecule has 0 saturated carbocycles. The lowest BCUT2D eigenvalue weighted by Crippen LogP contribution is -2.10. The van der Waals surface area contributed by atoms with Crippen LogP contribution in [0.5, 0.6) is 0 Å². The van der Waals surface area contributed by atoms with E-state index >= 15 is 0 Å². The second-order valence-electron chi connectivity index (χ2n) is 4.02. The summed E-state index contributed by atoms with van der Waals surface area (Å²) in [5, 5.41) is 13.8. The third-order valence-corrected chi connectivity index (χ3v) is 2.83. The van der Waals surface area contributed by atoms with E-state index in [0.717, 1.165) is 5.76 Å². The molecule has 0 fully saturated rings. The SMILES string of the molecule is CNC(C)c1ccc(-c2cccc([N+](=O)[O-])c2)o1. The molecule has 0 aliphatic carbocycles.